The highest BCUT2D eigenvalue weighted by molar-refractivity contribution is 5.05. The second kappa shape index (κ2) is 6.22. The maximum atomic E-state index is 10.2. The first-order valence-electron chi connectivity index (χ1n) is 7.75. The lowest BCUT2D eigenvalue weighted by molar-refractivity contribution is 0.0773. The van der Waals surface area contributed by atoms with Crippen molar-refractivity contribution in [2.24, 2.45) is 0 Å². The molecule has 0 spiro atoms. The van der Waals surface area contributed by atoms with Crippen molar-refractivity contribution in [3.63, 3.8) is 0 Å². The van der Waals surface area contributed by atoms with Crippen molar-refractivity contribution in [1.29, 1.82) is 0 Å². The predicted molar refractivity (Wildman–Crippen MR) is 79.8 cm³/mol. The van der Waals surface area contributed by atoms with Gasteiger partial charge in [-0.3, -0.25) is 0 Å². The van der Waals surface area contributed by atoms with E-state index in [9.17, 15) is 5.11 Å². The zero-order chi connectivity index (χ0) is 14.9. The summed E-state index contributed by atoms with van der Waals surface area (Å²) in [6.45, 7) is 10.5. The standard InChI is InChI=1S/C15H28N4O/c1-9(2)16-13-8-12(6-7-14(13)20)15-17-11(5)18-19(15)10(3)4/h9-10,12-14,16,20H,6-8H2,1-5H3/t12-,13+,14+/m0/s1. The summed E-state index contributed by atoms with van der Waals surface area (Å²) in [4.78, 5) is 4.64. The van der Waals surface area contributed by atoms with Gasteiger partial charge < -0.3 is 10.4 Å². The summed E-state index contributed by atoms with van der Waals surface area (Å²) in [5, 5.41) is 18.2. The number of aromatic nitrogens is 3. The van der Waals surface area contributed by atoms with Gasteiger partial charge in [-0.25, -0.2) is 9.67 Å². The van der Waals surface area contributed by atoms with Gasteiger partial charge in [0.1, 0.15) is 11.6 Å². The molecule has 0 unspecified atom stereocenters. The van der Waals surface area contributed by atoms with Crippen LogP contribution in [-0.2, 0) is 0 Å². The maximum absolute atomic E-state index is 10.2. The summed E-state index contributed by atoms with van der Waals surface area (Å²) in [5.41, 5.74) is 0. The number of nitrogens with zero attached hydrogens (tertiary/aromatic N) is 3. The van der Waals surface area contributed by atoms with Crippen LogP contribution in [0.2, 0.25) is 0 Å². The normalized spacial score (nSPS) is 27.5. The van der Waals surface area contributed by atoms with Crippen molar-refractivity contribution >= 4 is 0 Å². The highest BCUT2D eigenvalue weighted by atomic mass is 16.3. The van der Waals surface area contributed by atoms with Crippen molar-refractivity contribution in [2.75, 3.05) is 0 Å². The molecule has 0 saturated heterocycles. The number of hydrogen-bond acceptors (Lipinski definition) is 4. The molecule has 1 fully saturated rings. The number of rotatable bonds is 4. The van der Waals surface area contributed by atoms with Gasteiger partial charge >= 0.3 is 0 Å². The molecule has 20 heavy (non-hydrogen) atoms. The topological polar surface area (TPSA) is 63.0 Å². The Bertz CT molecular complexity index is 441. The molecule has 0 amide bonds. The van der Waals surface area contributed by atoms with E-state index in [4.69, 9.17) is 0 Å². The highest BCUT2D eigenvalue weighted by Gasteiger charge is 2.33. The fourth-order valence-electron chi connectivity index (χ4n) is 3.10. The summed E-state index contributed by atoms with van der Waals surface area (Å²) >= 11 is 0. The second-order valence-electron chi connectivity index (χ2n) is 6.56. The smallest absolute Gasteiger partial charge is 0.147 e. The SMILES string of the molecule is Cc1nc([C@H]2CC[C@@H](O)[C@H](NC(C)C)C2)n(C(C)C)n1. The number of hydrogen-bond donors (Lipinski definition) is 2. The van der Waals surface area contributed by atoms with Gasteiger partial charge in [0, 0.05) is 24.0 Å². The quantitative estimate of drug-likeness (QED) is 0.887. The molecule has 2 N–H and O–H groups in total. The van der Waals surface area contributed by atoms with E-state index in [1.54, 1.807) is 0 Å². The van der Waals surface area contributed by atoms with Crippen molar-refractivity contribution in [3.8, 4) is 0 Å². The molecule has 1 aromatic heterocycles. The largest absolute Gasteiger partial charge is 0.392 e. The molecule has 1 aliphatic carbocycles. The number of aliphatic hydroxyl groups is 1. The predicted octanol–water partition coefficient (Wildman–Crippen LogP) is 2.16. The number of aryl methyl sites for hydroxylation is 1. The Kier molecular flexibility index (Phi) is 4.81. The molecular weight excluding hydrogens is 252 g/mol. The molecule has 0 aliphatic heterocycles. The van der Waals surface area contributed by atoms with Crippen molar-refractivity contribution in [3.05, 3.63) is 11.6 Å². The van der Waals surface area contributed by atoms with E-state index >= 15 is 0 Å². The van der Waals surface area contributed by atoms with Gasteiger partial charge in [0.2, 0.25) is 0 Å². The first-order chi connectivity index (χ1) is 9.38. The number of nitrogens with one attached hydrogen (secondary N) is 1. The van der Waals surface area contributed by atoms with E-state index in [-0.39, 0.29) is 12.1 Å². The van der Waals surface area contributed by atoms with Gasteiger partial charge in [-0.15, -0.1) is 0 Å². The molecule has 5 heteroatoms. The summed E-state index contributed by atoms with van der Waals surface area (Å²) in [6, 6.07) is 0.874. The first kappa shape index (κ1) is 15.4. The molecule has 0 bridgehead atoms. The molecule has 1 saturated carbocycles. The van der Waals surface area contributed by atoms with E-state index in [1.165, 1.54) is 0 Å². The summed E-state index contributed by atoms with van der Waals surface area (Å²) in [6.07, 6.45) is 2.51. The van der Waals surface area contributed by atoms with Crippen LogP contribution in [0.5, 0.6) is 0 Å². The molecule has 2 rings (SSSR count). The molecule has 1 aliphatic rings. The fourth-order valence-corrected chi connectivity index (χ4v) is 3.10. The zero-order valence-corrected chi connectivity index (χ0v) is 13.3. The number of aliphatic hydroxyl groups excluding tert-OH is 1. The zero-order valence-electron chi connectivity index (χ0n) is 13.3. The van der Waals surface area contributed by atoms with Gasteiger partial charge in [-0.05, 0) is 40.0 Å². The van der Waals surface area contributed by atoms with Crippen LogP contribution in [0.1, 0.15) is 70.6 Å². The molecular formula is C15H28N4O. The molecule has 114 valence electrons. The average molecular weight is 280 g/mol. The van der Waals surface area contributed by atoms with Crippen molar-refractivity contribution < 1.29 is 5.11 Å². The molecule has 3 atom stereocenters. The first-order valence-corrected chi connectivity index (χ1v) is 7.75. The van der Waals surface area contributed by atoms with Gasteiger partial charge in [-0.2, -0.15) is 5.10 Å². The highest BCUT2D eigenvalue weighted by Crippen LogP contribution is 2.33. The molecule has 5 nitrogen and oxygen atoms in total. The Balaban J connectivity index is 2.17. The van der Waals surface area contributed by atoms with E-state index < -0.39 is 0 Å². The monoisotopic (exact) mass is 280 g/mol. The van der Waals surface area contributed by atoms with Crippen LogP contribution >= 0.6 is 0 Å². The Morgan fingerprint density at radius 1 is 1.25 bits per heavy atom. The fraction of sp³-hybridized carbons (Fsp3) is 0.867. The molecule has 1 aromatic rings. The average Bonchev–Trinajstić information content (AvgIpc) is 2.74. The summed E-state index contributed by atoms with van der Waals surface area (Å²) in [7, 11) is 0. The van der Waals surface area contributed by atoms with Crippen LogP contribution in [0.4, 0.5) is 0 Å². The summed E-state index contributed by atoms with van der Waals surface area (Å²) in [5.74, 6) is 2.31. The van der Waals surface area contributed by atoms with Gasteiger partial charge in [-0.1, -0.05) is 13.8 Å². The second-order valence-corrected chi connectivity index (χ2v) is 6.56. The molecule has 1 heterocycles. The molecule has 0 aromatic carbocycles. The van der Waals surface area contributed by atoms with Gasteiger partial charge in [0.05, 0.1) is 6.10 Å². The lowest BCUT2D eigenvalue weighted by Crippen LogP contribution is -2.47. The van der Waals surface area contributed by atoms with Gasteiger partial charge in [0.25, 0.3) is 0 Å². The van der Waals surface area contributed by atoms with E-state index in [2.05, 4.69) is 43.1 Å². The van der Waals surface area contributed by atoms with Crippen LogP contribution in [0.25, 0.3) is 0 Å². The lowest BCUT2D eigenvalue weighted by atomic mass is 9.83. The Morgan fingerprint density at radius 2 is 1.95 bits per heavy atom. The van der Waals surface area contributed by atoms with Crippen molar-refractivity contribution in [1.82, 2.24) is 20.1 Å². The minimum atomic E-state index is -0.245. The lowest BCUT2D eigenvalue weighted by Gasteiger charge is -2.35. The van der Waals surface area contributed by atoms with Crippen LogP contribution in [0.3, 0.4) is 0 Å². The van der Waals surface area contributed by atoms with Crippen LogP contribution in [0.15, 0.2) is 0 Å². The minimum absolute atomic E-state index is 0.159. The Labute approximate surface area is 121 Å². The molecule has 0 radical (unpaired) electrons. The third-order valence-corrected chi connectivity index (χ3v) is 3.98. The third-order valence-electron chi connectivity index (χ3n) is 3.98. The Morgan fingerprint density at radius 3 is 2.55 bits per heavy atom. The van der Waals surface area contributed by atoms with Crippen LogP contribution < -0.4 is 5.32 Å². The maximum Gasteiger partial charge on any atom is 0.147 e. The third kappa shape index (κ3) is 3.38. The van der Waals surface area contributed by atoms with E-state index in [0.717, 1.165) is 30.9 Å². The van der Waals surface area contributed by atoms with Crippen LogP contribution in [0, 0.1) is 6.92 Å². The van der Waals surface area contributed by atoms with E-state index in [0.29, 0.717) is 18.0 Å². The van der Waals surface area contributed by atoms with E-state index in [1.807, 2.05) is 11.6 Å². The van der Waals surface area contributed by atoms with Crippen LogP contribution in [-0.4, -0.2) is 38.1 Å². The van der Waals surface area contributed by atoms with Gasteiger partial charge in [0.15, 0.2) is 0 Å². The summed E-state index contributed by atoms with van der Waals surface area (Å²) < 4.78 is 2.05. The Hall–Kier alpha value is -0.940. The van der Waals surface area contributed by atoms with Crippen molar-refractivity contribution in [2.45, 2.75) is 84.0 Å². The minimum Gasteiger partial charge on any atom is -0.392 e.